The number of hydrogen-bond acceptors (Lipinski definition) is 4. The van der Waals surface area contributed by atoms with Gasteiger partial charge in [0.05, 0.1) is 0 Å². The van der Waals surface area contributed by atoms with Crippen molar-refractivity contribution in [3.8, 4) is 11.4 Å². The summed E-state index contributed by atoms with van der Waals surface area (Å²) in [7, 11) is 0. The lowest BCUT2D eigenvalue weighted by molar-refractivity contribution is 0.429. The molecule has 0 unspecified atom stereocenters. The number of aromatic nitrogens is 2. The van der Waals surface area contributed by atoms with Crippen LogP contribution in [0.5, 0.6) is 0 Å². The quantitative estimate of drug-likeness (QED) is 0.892. The van der Waals surface area contributed by atoms with Gasteiger partial charge in [-0.2, -0.15) is 4.98 Å². The van der Waals surface area contributed by atoms with Crippen LogP contribution in [-0.2, 0) is 0 Å². The Kier molecular flexibility index (Phi) is 3.65. The molecule has 0 saturated heterocycles. The molecular weight excluding hydrogens is 226 g/mol. The molecule has 0 aliphatic carbocycles. The van der Waals surface area contributed by atoms with Gasteiger partial charge in [-0.05, 0) is 25.3 Å². The molecule has 1 aromatic carbocycles. The van der Waals surface area contributed by atoms with Gasteiger partial charge < -0.3 is 9.84 Å². The predicted octanol–water partition coefficient (Wildman–Crippen LogP) is 3.68. The Balaban J connectivity index is 2.18. The molecule has 0 radical (unpaired) electrons. The fourth-order valence-corrected chi connectivity index (χ4v) is 1.66. The summed E-state index contributed by atoms with van der Waals surface area (Å²) in [5.41, 5.74) is 2.28. The third-order valence-electron chi connectivity index (χ3n) is 2.67. The summed E-state index contributed by atoms with van der Waals surface area (Å²) in [5, 5.41) is 7.05. The van der Waals surface area contributed by atoms with Gasteiger partial charge in [-0.1, -0.05) is 43.3 Å². The van der Waals surface area contributed by atoms with E-state index in [1.165, 1.54) is 5.56 Å². The summed E-state index contributed by atoms with van der Waals surface area (Å²) >= 11 is 0. The third kappa shape index (κ3) is 2.88. The minimum atomic E-state index is 0.279. The molecule has 2 rings (SSSR count). The molecule has 18 heavy (non-hydrogen) atoms. The Labute approximate surface area is 107 Å². The van der Waals surface area contributed by atoms with E-state index in [9.17, 15) is 0 Å². The van der Waals surface area contributed by atoms with Crippen molar-refractivity contribution in [3.63, 3.8) is 0 Å². The van der Waals surface area contributed by atoms with E-state index in [1.54, 1.807) is 0 Å². The number of benzene rings is 1. The summed E-state index contributed by atoms with van der Waals surface area (Å²) < 4.78 is 5.14. The van der Waals surface area contributed by atoms with E-state index in [0.717, 1.165) is 5.56 Å². The summed E-state index contributed by atoms with van der Waals surface area (Å²) in [6, 6.07) is 9.01. The summed E-state index contributed by atoms with van der Waals surface area (Å²) in [6.07, 6.45) is 0. The Morgan fingerprint density at radius 1 is 1.06 bits per heavy atom. The van der Waals surface area contributed by atoms with Crippen LogP contribution in [0, 0.1) is 0 Å². The number of hydrogen-bond donors (Lipinski definition) is 1. The van der Waals surface area contributed by atoms with Gasteiger partial charge in [0.2, 0.25) is 5.82 Å². The molecule has 0 saturated carbocycles. The normalized spacial score (nSPS) is 11.2. The minimum Gasteiger partial charge on any atom is -0.336 e. The monoisotopic (exact) mass is 245 g/mol. The van der Waals surface area contributed by atoms with E-state index in [2.05, 4.69) is 41.4 Å². The average Bonchev–Trinajstić information content (AvgIpc) is 2.76. The highest BCUT2D eigenvalue weighted by Crippen LogP contribution is 2.21. The van der Waals surface area contributed by atoms with Crippen LogP contribution in [0.4, 0.5) is 6.01 Å². The largest absolute Gasteiger partial charge is 0.336 e. The lowest BCUT2D eigenvalue weighted by Gasteiger charge is -2.04. The highest BCUT2D eigenvalue weighted by molar-refractivity contribution is 5.56. The first-order valence-electron chi connectivity index (χ1n) is 6.27. The van der Waals surface area contributed by atoms with Crippen molar-refractivity contribution < 1.29 is 4.52 Å². The Hall–Kier alpha value is -1.84. The summed E-state index contributed by atoms with van der Waals surface area (Å²) in [5.74, 6) is 1.15. The van der Waals surface area contributed by atoms with Gasteiger partial charge in [0.25, 0.3) is 0 Å². The van der Waals surface area contributed by atoms with E-state index in [-0.39, 0.29) is 6.04 Å². The van der Waals surface area contributed by atoms with Crippen molar-refractivity contribution in [2.75, 3.05) is 5.32 Å². The summed E-state index contributed by atoms with van der Waals surface area (Å²) in [4.78, 5) is 4.31. The van der Waals surface area contributed by atoms with E-state index in [1.807, 2.05) is 26.0 Å². The van der Waals surface area contributed by atoms with Crippen LogP contribution >= 0.6 is 0 Å². The molecule has 1 aromatic heterocycles. The minimum absolute atomic E-state index is 0.279. The molecule has 0 amide bonds. The second-order valence-electron chi connectivity index (χ2n) is 5.00. The van der Waals surface area contributed by atoms with Crippen LogP contribution in [0.25, 0.3) is 11.4 Å². The van der Waals surface area contributed by atoms with E-state index < -0.39 is 0 Å². The van der Waals surface area contributed by atoms with Crippen LogP contribution in [0.2, 0.25) is 0 Å². The number of nitrogens with zero attached hydrogens (tertiary/aromatic N) is 2. The molecule has 1 heterocycles. The first-order chi connectivity index (χ1) is 8.56. The van der Waals surface area contributed by atoms with Crippen LogP contribution in [0.1, 0.15) is 39.2 Å². The van der Waals surface area contributed by atoms with Crippen molar-refractivity contribution in [3.05, 3.63) is 29.8 Å². The zero-order chi connectivity index (χ0) is 13.1. The second kappa shape index (κ2) is 5.21. The molecule has 0 aliphatic heterocycles. The van der Waals surface area contributed by atoms with Gasteiger partial charge >= 0.3 is 6.01 Å². The molecule has 0 aliphatic rings. The maximum atomic E-state index is 5.14. The van der Waals surface area contributed by atoms with E-state index >= 15 is 0 Å². The van der Waals surface area contributed by atoms with Gasteiger partial charge in [-0.25, -0.2) is 0 Å². The maximum absolute atomic E-state index is 5.14. The Morgan fingerprint density at radius 2 is 1.72 bits per heavy atom. The van der Waals surface area contributed by atoms with Crippen molar-refractivity contribution in [1.82, 2.24) is 10.1 Å². The van der Waals surface area contributed by atoms with Gasteiger partial charge in [0, 0.05) is 11.6 Å². The molecule has 0 atom stereocenters. The van der Waals surface area contributed by atoms with Crippen molar-refractivity contribution >= 4 is 6.01 Å². The fraction of sp³-hybridized carbons (Fsp3) is 0.429. The average molecular weight is 245 g/mol. The van der Waals surface area contributed by atoms with Crippen LogP contribution in [-0.4, -0.2) is 16.2 Å². The Morgan fingerprint density at radius 3 is 2.28 bits per heavy atom. The highest BCUT2D eigenvalue weighted by atomic mass is 16.5. The first-order valence-corrected chi connectivity index (χ1v) is 6.27. The number of nitrogens with one attached hydrogen (secondary N) is 1. The van der Waals surface area contributed by atoms with Crippen molar-refractivity contribution in [2.24, 2.45) is 0 Å². The molecule has 0 bridgehead atoms. The lowest BCUT2D eigenvalue weighted by atomic mass is 10.0. The van der Waals surface area contributed by atoms with Crippen molar-refractivity contribution in [1.29, 1.82) is 0 Å². The van der Waals surface area contributed by atoms with E-state index in [0.29, 0.717) is 17.8 Å². The summed E-state index contributed by atoms with van der Waals surface area (Å²) in [6.45, 7) is 8.41. The van der Waals surface area contributed by atoms with E-state index in [4.69, 9.17) is 4.52 Å². The maximum Gasteiger partial charge on any atom is 0.321 e. The van der Waals surface area contributed by atoms with Crippen LogP contribution in [0.3, 0.4) is 0 Å². The van der Waals surface area contributed by atoms with Gasteiger partial charge in [-0.15, -0.1) is 0 Å². The van der Waals surface area contributed by atoms with Crippen molar-refractivity contribution in [2.45, 2.75) is 39.7 Å². The van der Waals surface area contributed by atoms with Crippen LogP contribution in [0.15, 0.2) is 28.8 Å². The molecule has 1 N–H and O–H groups in total. The SMILES string of the molecule is CC(C)Nc1nc(-c2ccc(C(C)C)cc2)no1. The fourth-order valence-electron chi connectivity index (χ4n) is 1.66. The Bertz CT molecular complexity index is 500. The second-order valence-corrected chi connectivity index (χ2v) is 5.00. The molecule has 4 nitrogen and oxygen atoms in total. The lowest BCUT2D eigenvalue weighted by Crippen LogP contribution is -2.09. The topological polar surface area (TPSA) is 51.0 Å². The highest BCUT2D eigenvalue weighted by Gasteiger charge is 2.09. The molecule has 0 spiro atoms. The van der Waals surface area contributed by atoms with Gasteiger partial charge in [0.15, 0.2) is 0 Å². The smallest absolute Gasteiger partial charge is 0.321 e. The standard InChI is InChI=1S/C14H19N3O/c1-9(2)11-5-7-12(8-6-11)13-16-14(18-17-13)15-10(3)4/h5-10H,1-4H3,(H,15,16,17). The molecule has 2 aromatic rings. The first kappa shape index (κ1) is 12.6. The zero-order valence-electron chi connectivity index (χ0n) is 11.3. The number of anilines is 1. The van der Waals surface area contributed by atoms with Crippen LogP contribution < -0.4 is 5.32 Å². The molecule has 4 heteroatoms. The zero-order valence-corrected chi connectivity index (χ0v) is 11.3. The number of rotatable bonds is 4. The third-order valence-corrected chi connectivity index (χ3v) is 2.67. The molecule has 96 valence electrons. The van der Waals surface area contributed by atoms with Gasteiger partial charge in [-0.3, -0.25) is 0 Å². The predicted molar refractivity (Wildman–Crippen MR) is 72.6 cm³/mol. The molecular formula is C14H19N3O. The molecule has 0 fully saturated rings. The van der Waals surface area contributed by atoms with Gasteiger partial charge in [0.1, 0.15) is 0 Å².